The number of aromatic nitrogens is 3. The third kappa shape index (κ3) is 2.25. The maximum atomic E-state index is 5.56. The second-order valence-electron chi connectivity index (χ2n) is 3.15. The molecule has 0 aliphatic heterocycles. The van der Waals surface area contributed by atoms with Crippen LogP contribution in [0, 0.1) is 0 Å². The van der Waals surface area contributed by atoms with Gasteiger partial charge in [0.2, 0.25) is 5.88 Å². The number of nitrogens with two attached hydrogens (primary N) is 1. The van der Waals surface area contributed by atoms with Crippen molar-refractivity contribution in [2.45, 2.75) is 6.92 Å². The Labute approximate surface area is 93.3 Å². The summed E-state index contributed by atoms with van der Waals surface area (Å²) in [5.74, 6) is 0.499. The predicted octanol–water partition coefficient (Wildman–Crippen LogP) is 1.52. The minimum Gasteiger partial charge on any atom is -0.477 e. The minimum absolute atomic E-state index is 0.499. The van der Waals surface area contributed by atoms with Gasteiger partial charge in [0.15, 0.2) is 0 Å². The van der Waals surface area contributed by atoms with Crippen molar-refractivity contribution in [1.82, 2.24) is 15.0 Å². The van der Waals surface area contributed by atoms with Gasteiger partial charge in [0.1, 0.15) is 5.69 Å². The van der Waals surface area contributed by atoms with E-state index >= 15 is 0 Å². The summed E-state index contributed by atoms with van der Waals surface area (Å²) in [6, 6.07) is 3.58. The number of nitrogen functional groups attached to an aromatic ring is 1. The molecule has 0 amide bonds. The Bertz CT molecular complexity index is 470. The predicted molar refractivity (Wildman–Crippen MR) is 60.8 cm³/mol. The molecule has 2 aromatic heterocycles. The summed E-state index contributed by atoms with van der Waals surface area (Å²) < 4.78 is 5.27. The fraction of sp³-hybridized carbons (Fsp3) is 0.182. The molecule has 0 aromatic carbocycles. The van der Waals surface area contributed by atoms with Gasteiger partial charge in [-0.1, -0.05) is 0 Å². The van der Waals surface area contributed by atoms with Gasteiger partial charge in [0.05, 0.1) is 36.6 Å². The van der Waals surface area contributed by atoms with E-state index in [-0.39, 0.29) is 0 Å². The minimum atomic E-state index is 0.499. The number of pyridine rings is 1. The molecule has 0 saturated carbocycles. The lowest BCUT2D eigenvalue weighted by Crippen LogP contribution is -1.97. The Morgan fingerprint density at radius 3 is 2.75 bits per heavy atom. The first-order chi connectivity index (χ1) is 7.79. The summed E-state index contributed by atoms with van der Waals surface area (Å²) in [6.45, 7) is 2.46. The van der Waals surface area contributed by atoms with E-state index in [1.54, 1.807) is 30.7 Å². The highest BCUT2D eigenvalue weighted by molar-refractivity contribution is 5.55. The average Bonchev–Trinajstić information content (AvgIpc) is 2.31. The summed E-state index contributed by atoms with van der Waals surface area (Å²) >= 11 is 0. The monoisotopic (exact) mass is 216 g/mol. The van der Waals surface area contributed by atoms with Crippen LogP contribution in [0.15, 0.2) is 30.7 Å². The molecule has 0 radical (unpaired) electrons. The first-order valence-corrected chi connectivity index (χ1v) is 4.96. The molecule has 5 heteroatoms. The number of rotatable bonds is 3. The van der Waals surface area contributed by atoms with Crippen molar-refractivity contribution in [3.8, 4) is 17.3 Å². The summed E-state index contributed by atoms with van der Waals surface area (Å²) in [4.78, 5) is 12.5. The standard InChI is InChI=1S/C11H12N4O/c1-2-16-11-7-13-6-10(15-11)9-4-3-8(12)5-14-9/h3-7H,2,12H2,1H3. The maximum Gasteiger partial charge on any atom is 0.232 e. The van der Waals surface area contributed by atoms with Crippen molar-refractivity contribution in [1.29, 1.82) is 0 Å². The van der Waals surface area contributed by atoms with Gasteiger partial charge >= 0.3 is 0 Å². The van der Waals surface area contributed by atoms with E-state index in [0.717, 1.165) is 5.69 Å². The number of nitrogens with zero attached hydrogens (tertiary/aromatic N) is 3. The summed E-state index contributed by atoms with van der Waals surface area (Å²) in [5, 5.41) is 0. The van der Waals surface area contributed by atoms with E-state index < -0.39 is 0 Å². The second-order valence-corrected chi connectivity index (χ2v) is 3.15. The van der Waals surface area contributed by atoms with E-state index in [0.29, 0.717) is 23.9 Å². The van der Waals surface area contributed by atoms with Crippen LogP contribution in [0.25, 0.3) is 11.4 Å². The van der Waals surface area contributed by atoms with Crippen molar-refractivity contribution in [3.63, 3.8) is 0 Å². The zero-order chi connectivity index (χ0) is 11.4. The number of hydrogen-bond acceptors (Lipinski definition) is 5. The fourth-order valence-electron chi connectivity index (χ4n) is 1.25. The van der Waals surface area contributed by atoms with Crippen LogP contribution in [0.3, 0.4) is 0 Å². The highest BCUT2D eigenvalue weighted by Crippen LogP contribution is 2.16. The molecule has 2 heterocycles. The van der Waals surface area contributed by atoms with Crippen LogP contribution in [0.5, 0.6) is 5.88 Å². The van der Waals surface area contributed by atoms with Gasteiger partial charge in [-0.25, -0.2) is 4.98 Å². The maximum absolute atomic E-state index is 5.56. The first-order valence-electron chi connectivity index (χ1n) is 4.96. The number of anilines is 1. The molecule has 2 rings (SSSR count). The zero-order valence-electron chi connectivity index (χ0n) is 8.92. The molecule has 0 saturated heterocycles. The lowest BCUT2D eigenvalue weighted by Gasteiger charge is -2.03. The van der Waals surface area contributed by atoms with Crippen LogP contribution in [0.2, 0.25) is 0 Å². The van der Waals surface area contributed by atoms with E-state index in [9.17, 15) is 0 Å². The van der Waals surface area contributed by atoms with Crippen molar-refractivity contribution in [2.24, 2.45) is 0 Å². The van der Waals surface area contributed by atoms with Crippen molar-refractivity contribution in [3.05, 3.63) is 30.7 Å². The van der Waals surface area contributed by atoms with Crippen LogP contribution in [0.4, 0.5) is 5.69 Å². The van der Waals surface area contributed by atoms with E-state index in [1.165, 1.54) is 0 Å². The smallest absolute Gasteiger partial charge is 0.232 e. The quantitative estimate of drug-likeness (QED) is 0.841. The molecule has 82 valence electrons. The molecule has 0 atom stereocenters. The SMILES string of the molecule is CCOc1cncc(-c2ccc(N)cn2)n1. The molecule has 0 bridgehead atoms. The summed E-state index contributed by atoms with van der Waals surface area (Å²) in [6.07, 6.45) is 4.80. The highest BCUT2D eigenvalue weighted by atomic mass is 16.5. The van der Waals surface area contributed by atoms with Crippen LogP contribution in [-0.4, -0.2) is 21.6 Å². The Balaban J connectivity index is 2.32. The van der Waals surface area contributed by atoms with E-state index in [1.807, 2.05) is 6.92 Å². The third-order valence-corrected chi connectivity index (χ3v) is 1.95. The molecular weight excluding hydrogens is 204 g/mol. The lowest BCUT2D eigenvalue weighted by atomic mass is 10.3. The van der Waals surface area contributed by atoms with E-state index in [2.05, 4.69) is 15.0 Å². The van der Waals surface area contributed by atoms with Crippen LogP contribution in [-0.2, 0) is 0 Å². The molecule has 0 spiro atoms. The van der Waals surface area contributed by atoms with Gasteiger partial charge in [-0.2, -0.15) is 0 Å². The molecule has 0 unspecified atom stereocenters. The van der Waals surface area contributed by atoms with E-state index in [4.69, 9.17) is 10.5 Å². The normalized spacial score (nSPS) is 10.1. The van der Waals surface area contributed by atoms with Crippen LogP contribution in [0.1, 0.15) is 6.92 Å². The largest absolute Gasteiger partial charge is 0.477 e. The molecule has 5 nitrogen and oxygen atoms in total. The average molecular weight is 216 g/mol. The van der Waals surface area contributed by atoms with Gasteiger partial charge in [-0.15, -0.1) is 0 Å². The molecule has 0 aliphatic carbocycles. The Kier molecular flexibility index (Phi) is 2.95. The van der Waals surface area contributed by atoms with Crippen molar-refractivity contribution >= 4 is 5.69 Å². The van der Waals surface area contributed by atoms with Crippen molar-refractivity contribution in [2.75, 3.05) is 12.3 Å². The van der Waals surface area contributed by atoms with Crippen molar-refractivity contribution < 1.29 is 4.74 Å². The molecule has 16 heavy (non-hydrogen) atoms. The zero-order valence-corrected chi connectivity index (χ0v) is 8.92. The lowest BCUT2D eigenvalue weighted by molar-refractivity contribution is 0.325. The Hall–Kier alpha value is -2.17. The molecule has 0 aliphatic rings. The third-order valence-electron chi connectivity index (χ3n) is 1.95. The van der Waals surface area contributed by atoms with Crippen LogP contribution < -0.4 is 10.5 Å². The summed E-state index contributed by atoms with van der Waals surface area (Å²) in [5.41, 5.74) is 7.58. The molecule has 0 fully saturated rings. The summed E-state index contributed by atoms with van der Waals surface area (Å²) in [7, 11) is 0. The second kappa shape index (κ2) is 4.57. The van der Waals surface area contributed by atoms with Gasteiger partial charge in [-0.3, -0.25) is 9.97 Å². The molecule has 2 N–H and O–H groups in total. The Morgan fingerprint density at radius 2 is 2.06 bits per heavy atom. The van der Waals surface area contributed by atoms with Gasteiger partial charge in [0.25, 0.3) is 0 Å². The van der Waals surface area contributed by atoms with Gasteiger partial charge < -0.3 is 10.5 Å². The molecule has 2 aromatic rings. The highest BCUT2D eigenvalue weighted by Gasteiger charge is 2.03. The fourth-order valence-corrected chi connectivity index (χ4v) is 1.25. The first kappa shape index (κ1) is 10.4. The topological polar surface area (TPSA) is 73.9 Å². The number of ether oxygens (including phenoxy) is 1. The number of hydrogen-bond donors (Lipinski definition) is 1. The van der Waals surface area contributed by atoms with Crippen LogP contribution >= 0.6 is 0 Å². The Morgan fingerprint density at radius 1 is 1.19 bits per heavy atom. The van der Waals surface area contributed by atoms with Gasteiger partial charge in [-0.05, 0) is 19.1 Å². The van der Waals surface area contributed by atoms with Gasteiger partial charge in [0, 0.05) is 0 Å². The molecular formula is C11H12N4O.